The fourth-order valence-corrected chi connectivity index (χ4v) is 3.18. The van der Waals surface area contributed by atoms with Gasteiger partial charge in [-0.2, -0.15) is 11.8 Å². The highest BCUT2D eigenvalue weighted by atomic mass is 32.2. The number of esters is 1. The molecule has 1 fully saturated rings. The first-order valence-electron chi connectivity index (χ1n) is 8.08. The Bertz CT molecular complexity index is 502. The average Bonchev–Trinajstić information content (AvgIpc) is 2.61. The summed E-state index contributed by atoms with van der Waals surface area (Å²) in [6, 6.07) is 9.72. The number of ether oxygens (including phenoxy) is 1. The summed E-state index contributed by atoms with van der Waals surface area (Å²) in [4.78, 5) is 18.2. The molecule has 0 unspecified atom stereocenters. The molecule has 0 bridgehead atoms. The van der Waals surface area contributed by atoms with E-state index in [-0.39, 0.29) is 5.97 Å². The van der Waals surface area contributed by atoms with Crippen LogP contribution >= 0.6 is 11.8 Å². The lowest BCUT2D eigenvalue weighted by Gasteiger charge is -2.27. The van der Waals surface area contributed by atoms with Crippen LogP contribution in [0.5, 0.6) is 0 Å². The summed E-state index contributed by atoms with van der Waals surface area (Å²) in [5.74, 6) is 2.71. The van der Waals surface area contributed by atoms with Gasteiger partial charge in [0.25, 0.3) is 0 Å². The van der Waals surface area contributed by atoms with Crippen molar-refractivity contribution in [1.29, 1.82) is 0 Å². The second-order valence-corrected chi connectivity index (χ2v) is 6.67. The van der Waals surface area contributed by atoms with Gasteiger partial charge < -0.3 is 15.4 Å². The molecule has 23 heavy (non-hydrogen) atoms. The van der Waals surface area contributed by atoms with Gasteiger partial charge in [0.05, 0.1) is 0 Å². The van der Waals surface area contributed by atoms with Crippen molar-refractivity contribution in [3.8, 4) is 0 Å². The minimum absolute atomic E-state index is 0.154. The predicted molar refractivity (Wildman–Crippen MR) is 95.5 cm³/mol. The molecule has 0 aliphatic carbocycles. The van der Waals surface area contributed by atoms with Gasteiger partial charge in [0, 0.05) is 37.6 Å². The van der Waals surface area contributed by atoms with E-state index < -0.39 is 0 Å². The number of unbranched alkanes of at least 4 members (excludes halogenated alkanes) is 1. The first kappa shape index (κ1) is 17.7. The summed E-state index contributed by atoms with van der Waals surface area (Å²) >= 11 is 1.95. The molecule has 1 saturated heterocycles. The zero-order valence-corrected chi connectivity index (χ0v) is 14.3. The van der Waals surface area contributed by atoms with Gasteiger partial charge in [-0.25, -0.2) is 0 Å². The maximum absolute atomic E-state index is 11.7. The molecule has 126 valence electrons. The second-order valence-electron chi connectivity index (χ2n) is 5.44. The lowest BCUT2D eigenvalue weighted by atomic mass is 10.2. The minimum atomic E-state index is -0.154. The number of guanidine groups is 1. The fourth-order valence-electron chi connectivity index (χ4n) is 2.28. The summed E-state index contributed by atoms with van der Waals surface area (Å²) in [5.41, 5.74) is 6.99. The van der Waals surface area contributed by atoms with Gasteiger partial charge in [-0.3, -0.25) is 9.79 Å². The largest absolute Gasteiger partial charge is 0.461 e. The molecule has 1 heterocycles. The fraction of sp³-hybridized carbons (Fsp3) is 0.529. The van der Waals surface area contributed by atoms with Crippen molar-refractivity contribution in [3.05, 3.63) is 35.9 Å². The van der Waals surface area contributed by atoms with Gasteiger partial charge >= 0.3 is 5.97 Å². The first-order valence-corrected chi connectivity index (χ1v) is 9.23. The van der Waals surface area contributed by atoms with Gasteiger partial charge in [-0.05, 0) is 18.4 Å². The molecule has 2 rings (SSSR count). The highest BCUT2D eigenvalue weighted by Gasteiger charge is 2.11. The first-order chi connectivity index (χ1) is 11.3. The van der Waals surface area contributed by atoms with Gasteiger partial charge in [0.15, 0.2) is 5.96 Å². The topological polar surface area (TPSA) is 67.9 Å². The van der Waals surface area contributed by atoms with Crippen LogP contribution in [-0.4, -0.2) is 48.0 Å². The van der Waals surface area contributed by atoms with E-state index in [2.05, 4.69) is 9.89 Å². The molecule has 1 aliphatic heterocycles. The molecule has 0 radical (unpaired) electrons. The Morgan fingerprint density at radius 1 is 1.22 bits per heavy atom. The Hall–Kier alpha value is -1.69. The minimum Gasteiger partial charge on any atom is -0.461 e. The Balaban J connectivity index is 1.55. The van der Waals surface area contributed by atoms with Crippen LogP contribution in [0.15, 0.2) is 35.3 Å². The SMILES string of the molecule is NC(=NCCCCC(=O)OCc1ccccc1)N1CCSCC1. The quantitative estimate of drug-likeness (QED) is 0.358. The molecule has 0 amide bonds. The summed E-state index contributed by atoms with van der Waals surface area (Å²) < 4.78 is 5.24. The van der Waals surface area contributed by atoms with Crippen LogP contribution < -0.4 is 5.73 Å². The average molecular weight is 335 g/mol. The standard InChI is InChI=1S/C17H25N3O2S/c18-17(20-10-12-23-13-11-20)19-9-5-4-8-16(21)22-14-15-6-2-1-3-7-15/h1-3,6-7H,4-5,8-14H2,(H2,18,19). The Morgan fingerprint density at radius 2 is 1.96 bits per heavy atom. The number of hydrogen-bond acceptors (Lipinski definition) is 4. The van der Waals surface area contributed by atoms with E-state index in [4.69, 9.17) is 10.5 Å². The van der Waals surface area contributed by atoms with E-state index in [0.717, 1.165) is 43.0 Å². The summed E-state index contributed by atoms with van der Waals surface area (Å²) in [7, 11) is 0. The van der Waals surface area contributed by atoms with E-state index in [1.54, 1.807) is 0 Å². The summed E-state index contributed by atoms with van der Waals surface area (Å²) in [5, 5.41) is 0. The van der Waals surface area contributed by atoms with Crippen LogP contribution in [0, 0.1) is 0 Å². The number of carbonyl (C=O) groups excluding carboxylic acids is 1. The predicted octanol–water partition coefficient (Wildman–Crippen LogP) is 2.26. The third-order valence-electron chi connectivity index (χ3n) is 3.64. The number of hydrogen-bond donors (Lipinski definition) is 1. The lowest BCUT2D eigenvalue weighted by Crippen LogP contribution is -2.42. The van der Waals surface area contributed by atoms with Crippen LogP contribution in [-0.2, 0) is 16.1 Å². The molecule has 1 aromatic carbocycles. The number of benzene rings is 1. The Morgan fingerprint density at radius 3 is 2.70 bits per heavy atom. The van der Waals surface area contributed by atoms with E-state index in [1.165, 1.54) is 0 Å². The molecule has 6 heteroatoms. The zero-order valence-electron chi connectivity index (χ0n) is 13.4. The maximum Gasteiger partial charge on any atom is 0.306 e. The van der Waals surface area contributed by atoms with Crippen molar-refractivity contribution in [3.63, 3.8) is 0 Å². The number of nitrogens with two attached hydrogens (primary N) is 1. The van der Waals surface area contributed by atoms with E-state index in [1.807, 2.05) is 42.1 Å². The van der Waals surface area contributed by atoms with E-state index >= 15 is 0 Å². The number of nitrogens with zero attached hydrogens (tertiary/aromatic N) is 2. The van der Waals surface area contributed by atoms with Crippen LogP contribution in [0.1, 0.15) is 24.8 Å². The molecule has 2 N–H and O–H groups in total. The van der Waals surface area contributed by atoms with Gasteiger partial charge in [-0.15, -0.1) is 0 Å². The molecule has 0 aromatic heterocycles. The highest BCUT2D eigenvalue weighted by molar-refractivity contribution is 7.99. The number of carbonyl (C=O) groups is 1. The lowest BCUT2D eigenvalue weighted by molar-refractivity contribution is -0.145. The molecule has 1 aromatic rings. The van der Waals surface area contributed by atoms with Crippen molar-refractivity contribution in [2.45, 2.75) is 25.9 Å². The molecule has 0 saturated carbocycles. The third kappa shape index (κ3) is 6.95. The smallest absolute Gasteiger partial charge is 0.306 e. The molecule has 1 aliphatic rings. The van der Waals surface area contributed by atoms with Crippen LogP contribution in [0.4, 0.5) is 0 Å². The summed E-state index contributed by atoms with van der Waals surface area (Å²) in [6.45, 7) is 2.97. The second kappa shape index (κ2) is 10.2. The number of thioether (sulfide) groups is 1. The normalized spacial score (nSPS) is 15.5. The molecular weight excluding hydrogens is 310 g/mol. The molecule has 5 nitrogen and oxygen atoms in total. The molecular formula is C17H25N3O2S. The monoisotopic (exact) mass is 335 g/mol. The summed E-state index contributed by atoms with van der Waals surface area (Å²) in [6.07, 6.45) is 2.06. The van der Waals surface area contributed by atoms with E-state index in [9.17, 15) is 4.79 Å². The molecule has 0 spiro atoms. The van der Waals surface area contributed by atoms with Crippen LogP contribution in [0.2, 0.25) is 0 Å². The Kier molecular flexibility index (Phi) is 7.80. The third-order valence-corrected chi connectivity index (χ3v) is 4.58. The van der Waals surface area contributed by atoms with Crippen LogP contribution in [0.3, 0.4) is 0 Å². The van der Waals surface area contributed by atoms with Crippen molar-refractivity contribution in [1.82, 2.24) is 4.90 Å². The van der Waals surface area contributed by atoms with Crippen molar-refractivity contribution in [2.24, 2.45) is 10.7 Å². The van der Waals surface area contributed by atoms with Gasteiger partial charge in [-0.1, -0.05) is 30.3 Å². The van der Waals surface area contributed by atoms with Gasteiger partial charge in [0.1, 0.15) is 6.61 Å². The molecule has 0 atom stereocenters. The van der Waals surface area contributed by atoms with Crippen molar-refractivity contribution >= 4 is 23.7 Å². The van der Waals surface area contributed by atoms with Crippen molar-refractivity contribution < 1.29 is 9.53 Å². The van der Waals surface area contributed by atoms with E-state index in [0.29, 0.717) is 25.5 Å². The maximum atomic E-state index is 11.7. The zero-order chi connectivity index (χ0) is 16.3. The van der Waals surface area contributed by atoms with Gasteiger partial charge in [0.2, 0.25) is 0 Å². The van der Waals surface area contributed by atoms with Crippen molar-refractivity contribution in [2.75, 3.05) is 31.1 Å². The highest BCUT2D eigenvalue weighted by Crippen LogP contribution is 2.09. The van der Waals surface area contributed by atoms with Crippen LogP contribution in [0.25, 0.3) is 0 Å². The number of aliphatic imine (C=N–C) groups is 1. The Labute approximate surface area is 142 Å². The number of rotatable bonds is 7.